The number of nitrogens with one attached hydrogen (secondary N) is 1. The van der Waals surface area contributed by atoms with Crippen LogP contribution in [0.15, 0.2) is 35.6 Å². The van der Waals surface area contributed by atoms with Crippen LogP contribution in [0.1, 0.15) is 5.56 Å². The van der Waals surface area contributed by atoms with Crippen LogP contribution in [-0.4, -0.2) is 52.9 Å². The Hall–Kier alpha value is -2.74. The van der Waals surface area contributed by atoms with Crippen LogP contribution in [0.5, 0.6) is 0 Å². The van der Waals surface area contributed by atoms with Crippen LogP contribution in [-0.2, 0) is 9.53 Å². The lowest BCUT2D eigenvalue weighted by Crippen LogP contribution is -2.36. The van der Waals surface area contributed by atoms with Crippen molar-refractivity contribution in [3.05, 3.63) is 36.2 Å². The Morgan fingerprint density at radius 2 is 2.21 bits per heavy atom. The summed E-state index contributed by atoms with van der Waals surface area (Å²) in [7, 11) is 0. The van der Waals surface area contributed by atoms with Crippen LogP contribution < -0.4 is 10.2 Å². The van der Waals surface area contributed by atoms with Crippen LogP contribution in [0.4, 0.5) is 10.8 Å². The molecule has 0 radical (unpaired) electrons. The zero-order valence-corrected chi connectivity index (χ0v) is 16.4. The molecule has 0 saturated carbocycles. The second-order valence-corrected chi connectivity index (χ2v) is 7.90. The van der Waals surface area contributed by atoms with E-state index in [1.807, 2.05) is 0 Å². The smallest absolute Gasteiger partial charge is 0.234 e. The third-order valence-corrected chi connectivity index (χ3v) is 6.28. The van der Waals surface area contributed by atoms with Gasteiger partial charge in [-0.15, -0.1) is 0 Å². The van der Waals surface area contributed by atoms with Gasteiger partial charge in [-0.05, 0) is 18.2 Å². The molecule has 0 atom stereocenters. The molecule has 1 aliphatic heterocycles. The van der Waals surface area contributed by atoms with Crippen LogP contribution in [0.25, 0.3) is 10.3 Å². The summed E-state index contributed by atoms with van der Waals surface area (Å²) in [6.45, 7) is 2.99. The van der Waals surface area contributed by atoms with Crippen molar-refractivity contribution >= 4 is 50.2 Å². The van der Waals surface area contributed by atoms with Crippen LogP contribution in [0, 0.1) is 11.3 Å². The highest BCUT2D eigenvalue weighted by molar-refractivity contribution is 8.00. The van der Waals surface area contributed by atoms with Crippen LogP contribution >= 0.6 is 23.1 Å². The number of rotatable bonds is 5. The number of ether oxygens (including phenoxy) is 1. The molecule has 3 aromatic rings. The highest BCUT2D eigenvalue weighted by Crippen LogP contribution is 2.34. The molecule has 10 heteroatoms. The largest absolute Gasteiger partial charge is 0.378 e. The number of morpholine rings is 1. The van der Waals surface area contributed by atoms with E-state index in [9.17, 15) is 4.79 Å². The third kappa shape index (κ3) is 4.22. The van der Waals surface area contributed by atoms with Gasteiger partial charge < -0.3 is 15.0 Å². The van der Waals surface area contributed by atoms with Gasteiger partial charge in [0.1, 0.15) is 16.1 Å². The van der Waals surface area contributed by atoms with Gasteiger partial charge in [-0.25, -0.2) is 9.97 Å². The van der Waals surface area contributed by atoms with Gasteiger partial charge in [0.05, 0.1) is 30.6 Å². The second-order valence-electron chi connectivity index (χ2n) is 5.96. The summed E-state index contributed by atoms with van der Waals surface area (Å²) in [5.74, 6) is 0.0398. The first-order chi connectivity index (χ1) is 13.7. The van der Waals surface area contributed by atoms with Gasteiger partial charge in [-0.1, -0.05) is 29.2 Å². The average Bonchev–Trinajstić information content (AvgIpc) is 3.18. The average molecular weight is 413 g/mol. The molecule has 1 amide bonds. The van der Waals surface area contributed by atoms with E-state index in [0.29, 0.717) is 30.1 Å². The van der Waals surface area contributed by atoms with Crippen LogP contribution in [0.2, 0.25) is 0 Å². The Kier molecular flexibility index (Phi) is 5.66. The third-order valence-electron chi connectivity index (χ3n) is 4.04. The molecule has 0 spiro atoms. The quantitative estimate of drug-likeness (QED) is 0.504. The molecule has 28 heavy (non-hydrogen) atoms. The van der Waals surface area contributed by atoms with Crippen molar-refractivity contribution in [2.24, 2.45) is 0 Å². The van der Waals surface area contributed by atoms with Gasteiger partial charge in [0.2, 0.25) is 5.91 Å². The Morgan fingerprint density at radius 3 is 3.04 bits per heavy atom. The van der Waals surface area contributed by atoms with Crippen molar-refractivity contribution in [1.29, 1.82) is 5.26 Å². The molecule has 142 valence electrons. The fourth-order valence-corrected chi connectivity index (χ4v) is 4.65. The van der Waals surface area contributed by atoms with E-state index >= 15 is 0 Å². The summed E-state index contributed by atoms with van der Waals surface area (Å²) in [6, 6.07) is 8.88. The summed E-state index contributed by atoms with van der Waals surface area (Å²) in [5.41, 5.74) is 1.75. The summed E-state index contributed by atoms with van der Waals surface area (Å²) in [4.78, 5) is 27.7. The number of amides is 1. The molecule has 0 bridgehead atoms. The van der Waals surface area contributed by atoms with E-state index in [1.54, 1.807) is 24.3 Å². The lowest BCUT2D eigenvalue weighted by Gasteiger charge is -2.25. The number of hydrogen-bond donors (Lipinski definition) is 1. The standard InChI is InChI=1S/C18H16N6O2S2/c19-9-12-2-1-3-13(8-12)22-14(25)10-27-17-15-16(20-11-21-17)23-18(28-15)24-4-6-26-7-5-24/h1-3,8,11H,4-7,10H2,(H,22,25). The van der Waals surface area contributed by atoms with Gasteiger partial charge in [0, 0.05) is 18.8 Å². The number of nitrogens with zero attached hydrogens (tertiary/aromatic N) is 5. The van der Waals surface area contributed by atoms with Crippen molar-refractivity contribution in [3.8, 4) is 6.07 Å². The number of anilines is 2. The highest BCUT2D eigenvalue weighted by Gasteiger charge is 2.18. The Balaban J connectivity index is 1.44. The maximum Gasteiger partial charge on any atom is 0.234 e. The minimum absolute atomic E-state index is 0.162. The summed E-state index contributed by atoms with van der Waals surface area (Å²) in [5, 5.41) is 13.4. The first kappa shape index (κ1) is 18.6. The van der Waals surface area contributed by atoms with Gasteiger partial charge in [-0.3, -0.25) is 4.79 Å². The van der Waals surface area contributed by atoms with Crippen molar-refractivity contribution in [1.82, 2.24) is 15.0 Å². The fourth-order valence-electron chi connectivity index (χ4n) is 2.71. The summed E-state index contributed by atoms with van der Waals surface area (Å²) < 4.78 is 6.27. The van der Waals surface area contributed by atoms with Gasteiger partial charge in [0.15, 0.2) is 10.8 Å². The monoisotopic (exact) mass is 412 g/mol. The number of carbonyl (C=O) groups is 1. The number of nitriles is 1. The van der Waals surface area contributed by atoms with E-state index in [1.165, 1.54) is 29.4 Å². The topological polar surface area (TPSA) is 104 Å². The highest BCUT2D eigenvalue weighted by atomic mass is 32.2. The molecule has 1 aliphatic rings. The van der Waals surface area contributed by atoms with E-state index in [2.05, 4.69) is 31.2 Å². The second kappa shape index (κ2) is 8.52. The van der Waals surface area contributed by atoms with Gasteiger partial charge in [-0.2, -0.15) is 10.2 Å². The van der Waals surface area contributed by atoms with Crippen LogP contribution in [0.3, 0.4) is 0 Å². The normalized spacial score (nSPS) is 14.0. The number of thiazole rings is 1. The zero-order valence-electron chi connectivity index (χ0n) is 14.8. The zero-order chi connectivity index (χ0) is 19.3. The number of carbonyl (C=O) groups excluding carboxylic acids is 1. The predicted molar refractivity (Wildman–Crippen MR) is 109 cm³/mol. The first-order valence-electron chi connectivity index (χ1n) is 8.60. The molecular formula is C18H16N6O2S2. The molecular weight excluding hydrogens is 396 g/mol. The minimum Gasteiger partial charge on any atom is -0.378 e. The Bertz CT molecular complexity index is 1040. The van der Waals surface area contributed by atoms with Crippen molar-refractivity contribution in [3.63, 3.8) is 0 Å². The molecule has 3 heterocycles. The molecule has 0 unspecified atom stereocenters. The number of hydrogen-bond acceptors (Lipinski definition) is 9. The maximum absolute atomic E-state index is 12.3. The molecule has 8 nitrogen and oxygen atoms in total. The molecule has 2 aromatic heterocycles. The SMILES string of the molecule is N#Cc1cccc(NC(=O)CSc2ncnc3nc(N4CCOCC4)sc23)c1. The Morgan fingerprint density at radius 1 is 1.36 bits per heavy atom. The number of thioether (sulfide) groups is 1. The van der Waals surface area contributed by atoms with E-state index in [4.69, 9.17) is 10.00 Å². The minimum atomic E-state index is -0.162. The van der Waals surface area contributed by atoms with Crippen molar-refractivity contribution in [2.45, 2.75) is 5.03 Å². The number of fused-ring (bicyclic) bond motifs is 1. The Labute approximate surface area is 169 Å². The number of benzene rings is 1. The first-order valence-corrected chi connectivity index (χ1v) is 10.4. The molecule has 1 N–H and O–H groups in total. The molecule has 1 aromatic carbocycles. The van der Waals surface area contributed by atoms with E-state index < -0.39 is 0 Å². The fraction of sp³-hybridized carbons (Fsp3) is 0.278. The lowest BCUT2D eigenvalue weighted by atomic mass is 10.2. The molecule has 1 fully saturated rings. The van der Waals surface area contributed by atoms with Gasteiger partial charge in [0.25, 0.3) is 0 Å². The summed E-state index contributed by atoms with van der Waals surface area (Å²) >= 11 is 2.88. The molecule has 0 aliphatic carbocycles. The maximum atomic E-state index is 12.3. The van der Waals surface area contributed by atoms with E-state index in [-0.39, 0.29) is 11.7 Å². The molecule has 4 rings (SSSR count). The summed E-state index contributed by atoms with van der Waals surface area (Å²) in [6.07, 6.45) is 1.47. The van der Waals surface area contributed by atoms with E-state index in [0.717, 1.165) is 27.9 Å². The van der Waals surface area contributed by atoms with Crippen molar-refractivity contribution in [2.75, 3.05) is 42.3 Å². The number of aromatic nitrogens is 3. The lowest BCUT2D eigenvalue weighted by molar-refractivity contribution is -0.113. The van der Waals surface area contributed by atoms with Gasteiger partial charge >= 0.3 is 0 Å². The molecule has 1 saturated heterocycles. The predicted octanol–water partition coefficient (Wildman–Crippen LogP) is 2.53. The van der Waals surface area contributed by atoms with Crippen molar-refractivity contribution < 1.29 is 9.53 Å².